The lowest BCUT2D eigenvalue weighted by atomic mass is 9.68. The molecule has 0 bridgehead atoms. The summed E-state index contributed by atoms with van der Waals surface area (Å²) in [5.41, 5.74) is 2.18. The maximum atomic E-state index is 13.5. The third kappa shape index (κ3) is 5.80. The van der Waals surface area contributed by atoms with E-state index in [1.807, 2.05) is 30.5 Å². The third-order valence-corrected chi connectivity index (χ3v) is 8.35. The fourth-order valence-electron chi connectivity index (χ4n) is 6.53. The Bertz CT molecular complexity index is 1350. The second kappa shape index (κ2) is 11.8. The third-order valence-electron chi connectivity index (χ3n) is 8.35. The van der Waals surface area contributed by atoms with E-state index in [1.165, 1.54) is 12.2 Å². The molecule has 2 saturated heterocycles. The van der Waals surface area contributed by atoms with Gasteiger partial charge < -0.3 is 25.8 Å². The van der Waals surface area contributed by atoms with E-state index in [0.29, 0.717) is 32.4 Å². The molecule has 0 amide bonds. The Kier molecular flexibility index (Phi) is 8.20. The van der Waals surface area contributed by atoms with Gasteiger partial charge in [0.15, 0.2) is 5.78 Å². The highest BCUT2D eigenvalue weighted by Crippen LogP contribution is 2.41. The summed E-state index contributed by atoms with van der Waals surface area (Å²) >= 11 is 0. The number of para-hydroxylation sites is 1. The van der Waals surface area contributed by atoms with E-state index in [2.05, 4.69) is 15.6 Å². The Labute approximate surface area is 225 Å². The Hall–Kier alpha value is -3.40. The number of aliphatic hydroxyl groups is 1. The quantitative estimate of drug-likeness (QED) is 0.279. The molecule has 5 rings (SSSR count). The van der Waals surface area contributed by atoms with E-state index >= 15 is 0 Å². The number of aromatic nitrogens is 1. The molecular formula is C30H33F2N3O4. The van der Waals surface area contributed by atoms with Gasteiger partial charge in [-0.15, -0.1) is 0 Å². The molecule has 2 aromatic carbocycles. The number of fused-ring (bicyclic) bond motifs is 1. The average Bonchev–Trinajstić information content (AvgIpc) is 3.36. The highest BCUT2D eigenvalue weighted by molar-refractivity contribution is 5.97. The number of carboxylic acids is 1. The number of nitrogens with one attached hydrogen (secondary N) is 3. The SMILES string of the molecule is O=C(C=Cc1cc(F)cc(F)c1)C1CC(C(CO)C2NCCC(c3c[nH]c4ccccc34)C2C(=O)O)CCN1. The van der Waals surface area contributed by atoms with Crippen LogP contribution in [0.15, 0.2) is 54.7 Å². The lowest BCUT2D eigenvalue weighted by Crippen LogP contribution is -2.56. The second-order valence-corrected chi connectivity index (χ2v) is 10.6. The van der Waals surface area contributed by atoms with Crippen LogP contribution in [-0.4, -0.2) is 58.7 Å². The molecule has 2 aliphatic rings. The molecule has 1 aromatic heterocycles. The van der Waals surface area contributed by atoms with Gasteiger partial charge in [0.2, 0.25) is 0 Å². The van der Waals surface area contributed by atoms with E-state index in [1.54, 1.807) is 0 Å². The van der Waals surface area contributed by atoms with E-state index < -0.39 is 35.6 Å². The monoisotopic (exact) mass is 537 g/mol. The number of piperidine rings is 2. The van der Waals surface area contributed by atoms with Crippen LogP contribution in [0.2, 0.25) is 0 Å². The maximum Gasteiger partial charge on any atom is 0.308 e. The second-order valence-electron chi connectivity index (χ2n) is 10.6. The van der Waals surface area contributed by atoms with Crippen LogP contribution in [0, 0.1) is 29.4 Å². The summed E-state index contributed by atoms with van der Waals surface area (Å²) in [6.07, 6.45) is 6.38. The average molecular weight is 538 g/mol. The van der Waals surface area contributed by atoms with Gasteiger partial charge in [-0.3, -0.25) is 9.59 Å². The number of hydrogen-bond acceptors (Lipinski definition) is 5. The number of carbonyl (C=O) groups excluding carboxylic acids is 1. The number of carbonyl (C=O) groups is 2. The van der Waals surface area contributed by atoms with Crippen molar-refractivity contribution >= 4 is 28.7 Å². The summed E-state index contributed by atoms with van der Waals surface area (Å²) in [6, 6.07) is 9.90. The zero-order chi connectivity index (χ0) is 27.5. The minimum Gasteiger partial charge on any atom is -0.481 e. The van der Waals surface area contributed by atoms with Crippen molar-refractivity contribution in [1.82, 2.24) is 15.6 Å². The molecule has 39 heavy (non-hydrogen) atoms. The summed E-state index contributed by atoms with van der Waals surface area (Å²) in [4.78, 5) is 28.9. The zero-order valence-corrected chi connectivity index (χ0v) is 21.4. The molecule has 3 aromatic rings. The van der Waals surface area contributed by atoms with Gasteiger partial charge >= 0.3 is 5.97 Å². The lowest BCUT2D eigenvalue weighted by molar-refractivity contribution is -0.146. The van der Waals surface area contributed by atoms with Crippen molar-refractivity contribution in [2.45, 2.75) is 37.3 Å². The van der Waals surface area contributed by atoms with Gasteiger partial charge in [0.1, 0.15) is 11.6 Å². The van der Waals surface area contributed by atoms with Crippen LogP contribution >= 0.6 is 0 Å². The number of rotatable bonds is 8. The largest absolute Gasteiger partial charge is 0.481 e. The Morgan fingerprint density at radius 1 is 1.05 bits per heavy atom. The molecule has 7 nitrogen and oxygen atoms in total. The minimum atomic E-state index is -0.909. The standard InChI is InChI=1S/C30H33F2N3O4/c31-19-11-17(12-20(32)14-19)5-6-27(37)26-13-18(7-9-33-26)24(16-36)29-28(30(38)39)22(8-10-34-29)23-15-35-25-4-2-1-3-21(23)25/h1-6,11-12,14-15,18,22,24,26,28-29,33-36H,7-10,13,16H2,(H,38,39). The molecule has 0 aliphatic carbocycles. The van der Waals surface area contributed by atoms with Crippen LogP contribution < -0.4 is 10.6 Å². The van der Waals surface area contributed by atoms with Crippen molar-refractivity contribution < 1.29 is 28.6 Å². The molecule has 5 N–H and O–H groups in total. The van der Waals surface area contributed by atoms with Crippen LogP contribution in [-0.2, 0) is 9.59 Å². The first-order valence-electron chi connectivity index (χ1n) is 13.4. The molecule has 206 valence electrons. The number of carboxylic acid groups (broad SMARTS) is 1. The molecule has 0 saturated carbocycles. The molecule has 2 aliphatic heterocycles. The van der Waals surface area contributed by atoms with Gasteiger partial charge in [-0.25, -0.2) is 8.78 Å². The van der Waals surface area contributed by atoms with Gasteiger partial charge in [0.05, 0.1) is 12.0 Å². The van der Waals surface area contributed by atoms with Crippen molar-refractivity contribution in [3.05, 3.63) is 77.5 Å². The van der Waals surface area contributed by atoms with E-state index in [4.69, 9.17) is 0 Å². The molecule has 6 atom stereocenters. The summed E-state index contributed by atoms with van der Waals surface area (Å²) in [7, 11) is 0. The van der Waals surface area contributed by atoms with Crippen molar-refractivity contribution in [2.75, 3.05) is 19.7 Å². The summed E-state index contributed by atoms with van der Waals surface area (Å²) in [6.45, 7) is 0.956. The molecule has 3 heterocycles. The highest BCUT2D eigenvalue weighted by Gasteiger charge is 2.46. The van der Waals surface area contributed by atoms with Crippen molar-refractivity contribution in [3.63, 3.8) is 0 Å². The van der Waals surface area contributed by atoms with Gasteiger partial charge in [-0.05, 0) is 73.7 Å². The molecule has 6 unspecified atom stereocenters. The lowest BCUT2D eigenvalue weighted by Gasteiger charge is -2.44. The molecule has 0 spiro atoms. The van der Waals surface area contributed by atoms with Crippen LogP contribution in [0.4, 0.5) is 8.78 Å². The van der Waals surface area contributed by atoms with Crippen LogP contribution in [0.5, 0.6) is 0 Å². The number of aliphatic carboxylic acids is 1. The van der Waals surface area contributed by atoms with E-state index in [-0.39, 0.29) is 35.7 Å². The molecule has 9 heteroatoms. The van der Waals surface area contributed by atoms with Crippen LogP contribution in [0.1, 0.15) is 36.3 Å². The van der Waals surface area contributed by atoms with Gasteiger partial charge in [-0.2, -0.15) is 0 Å². The number of hydrogen-bond donors (Lipinski definition) is 5. The number of ketones is 1. The van der Waals surface area contributed by atoms with E-state index in [9.17, 15) is 28.6 Å². The summed E-state index contributed by atoms with van der Waals surface area (Å²) < 4.78 is 27.0. The van der Waals surface area contributed by atoms with Crippen molar-refractivity contribution in [1.29, 1.82) is 0 Å². The first-order chi connectivity index (χ1) is 18.9. The van der Waals surface area contributed by atoms with Crippen molar-refractivity contribution in [3.8, 4) is 0 Å². The summed E-state index contributed by atoms with van der Waals surface area (Å²) in [5, 5.41) is 28.5. The highest BCUT2D eigenvalue weighted by atomic mass is 19.1. The Morgan fingerprint density at radius 2 is 1.79 bits per heavy atom. The fraction of sp³-hybridized carbons (Fsp3) is 0.400. The Balaban J connectivity index is 1.34. The number of aromatic amines is 1. The summed E-state index contributed by atoms with van der Waals surface area (Å²) in [5.74, 6) is -4.01. The minimum absolute atomic E-state index is 0.0914. The number of benzene rings is 2. The molecule has 0 radical (unpaired) electrons. The predicted molar refractivity (Wildman–Crippen MR) is 144 cm³/mol. The normalized spacial score (nSPS) is 26.6. The van der Waals surface area contributed by atoms with Gasteiger partial charge in [0, 0.05) is 47.7 Å². The number of aliphatic hydroxyl groups excluding tert-OH is 1. The van der Waals surface area contributed by atoms with E-state index in [0.717, 1.165) is 34.7 Å². The molecule has 2 fully saturated rings. The topological polar surface area (TPSA) is 114 Å². The predicted octanol–water partition coefficient (Wildman–Crippen LogP) is 3.85. The van der Waals surface area contributed by atoms with Crippen LogP contribution in [0.3, 0.4) is 0 Å². The van der Waals surface area contributed by atoms with Crippen molar-refractivity contribution in [2.24, 2.45) is 17.8 Å². The smallest absolute Gasteiger partial charge is 0.308 e. The Morgan fingerprint density at radius 3 is 2.54 bits per heavy atom. The number of halogens is 2. The first-order valence-corrected chi connectivity index (χ1v) is 13.4. The van der Waals surface area contributed by atoms with Crippen LogP contribution in [0.25, 0.3) is 17.0 Å². The maximum absolute atomic E-state index is 13.5. The fourth-order valence-corrected chi connectivity index (χ4v) is 6.53. The van der Waals surface area contributed by atoms with Gasteiger partial charge in [0.25, 0.3) is 0 Å². The zero-order valence-electron chi connectivity index (χ0n) is 21.4. The van der Waals surface area contributed by atoms with Gasteiger partial charge in [-0.1, -0.05) is 24.3 Å². The first kappa shape index (κ1) is 27.2. The number of H-pyrrole nitrogens is 1. The molecular weight excluding hydrogens is 504 g/mol.